The molecule has 0 saturated heterocycles. The molecular formula is C4H5N3O2. The van der Waals surface area contributed by atoms with Gasteiger partial charge in [-0.3, -0.25) is 15.1 Å². The van der Waals surface area contributed by atoms with Gasteiger partial charge in [0.05, 0.1) is 11.1 Å². The van der Waals surface area contributed by atoms with Gasteiger partial charge in [-0.2, -0.15) is 0 Å². The van der Waals surface area contributed by atoms with Crippen molar-refractivity contribution in [3.05, 3.63) is 22.0 Å². The van der Waals surface area contributed by atoms with Gasteiger partial charge in [0, 0.05) is 0 Å². The SMILES string of the molecule is O=[N+]([O-])C1=CNCN=C1. The van der Waals surface area contributed by atoms with E-state index in [2.05, 4.69) is 10.3 Å². The molecule has 1 aliphatic rings. The Morgan fingerprint density at radius 3 is 3.00 bits per heavy atom. The van der Waals surface area contributed by atoms with Crippen LogP contribution in [-0.2, 0) is 0 Å². The first kappa shape index (κ1) is 5.74. The molecule has 5 heteroatoms. The average molecular weight is 127 g/mol. The van der Waals surface area contributed by atoms with Crippen LogP contribution < -0.4 is 5.32 Å². The van der Waals surface area contributed by atoms with Crippen molar-refractivity contribution in [2.24, 2.45) is 4.99 Å². The molecule has 0 fully saturated rings. The lowest BCUT2D eigenvalue weighted by Gasteiger charge is -1.98. The first-order valence-electron chi connectivity index (χ1n) is 2.38. The van der Waals surface area contributed by atoms with Gasteiger partial charge in [-0.05, 0) is 0 Å². The van der Waals surface area contributed by atoms with Crippen molar-refractivity contribution in [3.8, 4) is 0 Å². The molecule has 48 valence electrons. The Balaban J connectivity index is 2.69. The summed E-state index contributed by atoms with van der Waals surface area (Å²) in [6, 6.07) is 0. The van der Waals surface area contributed by atoms with Crippen molar-refractivity contribution in [2.75, 3.05) is 6.67 Å². The Morgan fingerprint density at radius 2 is 2.67 bits per heavy atom. The minimum atomic E-state index is -0.490. The molecule has 0 saturated carbocycles. The van der Waals surface area contributed by atoms with Gasteiger partial charge in [0.1, 0.15) is 12.9 Å². The summed E-state index contributed by atoms with van der Waals surface area (Å²) in [6.45, 7) is 0.428. The second-order valence-electron chi connectivity index (χ2n) is 1.50. The van der Waals surface area contributed by atoms with Gasteiger partial charge in [-0.1, -0.05) is 0 Å². The highest BCUT2D eigenvalue weighted by Gasteiger charge is 2.07. The zero-order chi connectivity index (χ0) is 6.69. The maximum Gasteiger partial charge on any atom is 0.302 e. The molecule has 1 rings (SSSR count). The smallest absolute Gasteiger partial charge is 0.302 e. The first-order valence-corrected chi connectivity index (χ1v) is 2.38. The molecular weight excluding hydrogens is 122 g/mol. The van der Waals surface area contributed by atoms with E-state index < -0.39 is 4.92 Å². The van der Waals surface area contributed by atoms with E-state index in [9.17, 15) is 10.1 Å². The van der Waals surface area contributed by atoms with Gasteiger partial charge in [0.25, 0.3) is 0 Å². The average Bonchev–Trinajstić information content (AvgIpc) is 1.90. The molecule has 0 atom stereocenters. The molecule has 0 spiro atoms. The van der Waals surface area contributed by atoms with Crippen LogP contribution in [0.5, 0.6) is 0 Å². The summed E-state index contributed by atoms with van der Waals surface area (Å²) in [5.74, 6) is 0. The molecule has 1 aliphatic heterocycles. The molecule has 0 aromatic rings. The Labute approximate surface area is 51.2 Å². The number of hydrogen-bond acceptors (Lipinski definition) is 4. The van der Waals surface area contributed by atoms with Gasteiger partial charge in [0.15, 0.2) is 0 Å². The predicted octanol–water partition coefficient (Wildman–Crippen LogP) is -0.264. The van der Waals surface area contributed by atoms with Crippen LogP contribution in [0.4, 0.5) is 0 Å². The van der Waals surface area contributed by atoms with Crippen LogP contribution in [0, 0.1) is 10.1 Å². The fourth-order valence-corrected chi connectivity index (χ4v) is 0.479. The summed E-state index contributed by atoms with van der Waals surface area (Å²) < 4.78 is 0. The van der Waals surface area contributed by atoms with Crippen molar-refractivity contribution in [3.63, 3.8) is 0 Å². The van der Waals surface area contributed by atoms with Gasteiger partial charge >= 0.3 is 5.70 Å². The molecule has 0 aromatic heterocycles. The molecule has 1 N–H and O–H groups in total. The van der Waals surface area contributed by atoms with Gasteiger partial charge < -0.3 is 5.32 Å². The number of nitrogens with one attached hydrogen (secondary N) is 1. The molecule has 5 nitrogen and oxygen atoms in total. The third kappa shape index (κ3) is 1.25. The van der Waals surface area contributed by atoms with Crippen LogP contribution in [0.1, 0.15) is 0 Å². The molecule has 0 aliphatic carbocycles. The fourth-order valence-electron chi connectivity index (χ4n) is 0.479. The van der Waals surface area contributed by atoms with E-state index in [0.29, 0.717) is 6.67 Å². The summed E-state index contributed by atoms with van der Waals surface area (Å²) in [6.07, 6.45) is 2.56. The minimum Gasteiger partial charge on any atom is -0.367 e. The van der Waals surface area contributed by atoms with Crippen LogP contribution in [-0.4, -0.2) is 17.8 Å². The Hall–Kier alpha value is -1.39. The van der Waals surface area contributed by atoms with Crippen molar-refractivity contribution in [2.45, 2.75) is 0 Å². The maximum absolute atomic E-state index is 9.96. The van der Waals surface area contributed by atoms with Crippen LogP contribution in [0.25, 0.3) is 0 Å². The third-order valence-corrected chi connectivity index (χ3v) is 0.867. The van der Waals surface area contributed by atoms with Crippen molar-refractivity contribution >= 4 is 6.21 Å². The highest BCUT2D eigenvalue weighted by molar-refractivity contribution is 5.75. The second-order valence-corrected chi connectivity index (χ2v) is 1.50. The maximum atomic E-state index is 9.96. The summed E-state index contributed by atoms with van der Waals surface area (Å²) in [5, 5.41) is 12.6. The van der Waals surface area contributed by atoms with E-state index in [1.54, 1.807) is 0 Å². The quantitative estimate of drug-likeness (QED) is 0.389. The summed E-state index contributed by atoms with van der Waals surface area (Å²) in [5.41, 5.74) is 0.00116. The predicted molar refractivity (Wildman–Crippen MR) is 31.6 cm³/mol. The van der Waals surface area contributed by atoms with E-state index in [4.69, 9.17) is 0 Å². The number of nitro groups is 1. The van der Waals surface area contributed by atoms with Crippen molar-refractivity contribution in [1.29, 1.82) is 0 Å². The molecule has 0 aromatic carbocycles. The minimum absolute atomic E-state index is 0.00116. The highest BCUT2D eigenvalue weighted by Crippen LogP contribution is 1.92. The summed E-state index contributed by atoms with van der Waals surface area (Å²) in [7, 11) is 0. The lowest BCUT2D eigenvalue weighted by molar-refractivity contribution is -0.414. The number of allylic oxidation sites excluding steroid dienone is 1. The molecule has 0 unspecified atom stereocenters. The molecule has 9 heavy (non-hydrogen) atoms. The van der Waals surface area contributed by atoms with Crippen molar-refractivity contribution in [1.82, 2.24) is 5.32 Å². The zero-order valence-electron chi connectivity index (χ0n) is 4.57. The van der Waals surface area contributed by atoms with E-state index >= 15 is 0 Å². The molecule has 0 radical (unpaired) electrons. The van der Waals surface area contributed by atoms with Gasteiger partial charge in [-0.25, -0.2) is 0 Å². The van der Waals surface area contributed by atoms with Gasteiger partial charge in [-0.15, -0.1) is 0 Å². The van der Waals surface area contributed by atoms with Crippen molar-refractivity contribution < 1.29 is 4.92 Å². The van der Waals surface area contributed by atoms with Crippen LogP contribution in [0.3, 0.4) is 0 Å². The first-order chi connectivity index (χ1) is 4.30. The molecule has 1 heterocycles. The Morgan fingerprint density at radius 1 is 1.89 bits per heavy atom. The topological polar surface area (TPSA) is 67.5 Å². The lowest BCUT2D eigenvalue weighted by Crippen LogP contribution is -2.15. The van der Waals surface area contributed by atoms with Crippen LogP contribution >= 0.6 is 0 Å². The molecule has 0 bridgehead atoms. The summed E-state index contributed by atoms with van der Waals surface area (Å²) >= 11 is 0. The Kier molecular flexibility index (Phi) is 1.44. The van der Waals surface area contributed by atoms with Crippen LogP contribution in [0.15, 0.2) is 16.9 Å². The fraction of sp³-hybridized carbons (Fsp3) is 0.250. The van der Waals surface area contributed by atoms with E-state index in [-0.39, 0.29) is 5.70 Å². The number of rotatable bonds is 1. The molecule has 0 amide bonds. The second kappa shape index (κ2) is 2.25. The van der Waals surface area contributed by atoms with Gasteiger partial charge in [0.2, 0.25) is 0 Å². The highest BCUT2D eigenvalue weighted by atomic mass is 16.6. The summed E-state index contributed by atoms with van der Waals surface area (Å²) in [4.78, 5) is 13.1. The lowest BCUT2D eigenvalue weighted by atomic mass is 10.5. The third-order valence-electron chi connectivity index (χ3n) is 0.867. The van der Waals surface area contributed by atoms with Crippen LogP contribution in [0.2, 0.25) is 0 Å². The largest absolute Gasteiger partial charge is 0.367 e. The van der Waals surface area contributed by atoms with E-state index in [0.717, 1.165) is 0 Å². The monoisotopic (exact) mass is 127 g/mol. The number of nitrogens with zero attached hydrogens (tertiary/aromatic N) is 2. The number of hydrogen-bond donors (Lipinski definition) is 1. The standard InChI is InChI=1S/C4H5N3O2/c8-7(9)4-1-5-3-6-2-4/h1-2,5H,3H2. The van der Waals surface area contributed by atoms with E-state index in [1.807, 2.05) is 0 Å². The number of aliphatic imine (C=N–C) groups is 1. The normalized spacial score (nSPS) is 16.2. The van der Waals surface area contributed by atoms with E-state index in [1.165, 1.54) is 12.4 Å². The zero-order valence-corrected chi connectivity index (χ0v) is 4.57. The Bertz CT molecular complexity index is 184.